The lowest BCUT2D eigenvalue weighted by atomic mass is 9.94. The zero-order chi connectivity index (χ0) is 14.7. The van der Waals surface area contributed by atoms with Crippen LogP contribution in [0.5, 0.6) is 0 Å². The molecule has 0 aromatic heterocycles. The largest absolute Gasteiger partial charge is 0.393 e. The van der Waals surface area contributed by atoms with Crippen LogP contribution in [-0.2, 0) is 0 Å². The van der Waals surface area contributed by atoms with Crippen molar-refractivity contribution in [1.29, 1.82) is 0 Å². The number of nitro groups is 1. The Bertz CT molecular complexity index is 538. The van der Waals surface area contributed by atoms with E-state index >= 15 is 0 Å². The monoisotopic (exact) mass is 314 g/mol. The van der Waals surface area contributed by atoms with Gasteiger partial charge in [-0.2, -0.15) is 0 Å². The number of hydrogen-bond donors (Lipinski definition) is 3. The van der Waals surface area contributed by atoms with Crippen LogP contribution in [0, 0.1) is 16.0 Å². The average molecular weight is 315 g/mol. The number of nitrogens with zero attached hydrogens (tertiary/aromatic N) is 1. The van der Waals surface area contributed by atoms with E-state index in [0.717, 1.165) is 13.0 Å². The van der Waals surface area contributed by atoms with Crippen LogP contribution in [0.15, 0.2) is 18.2 Å². The van der Waals surface area contributed by atoms with E-state index in [9.17, 15) is 14.9 Å². The molecule has 1 aliphatic rings. The Morgan fingerprint density at radius 3 is 2.86 bits per heavy atom. The first kappa shape index (κ1) is 17.2. The molecule has 1 heterocycles. The Morgan fingerprint density at radius 2 is 2.24 bits per heavy atom. The van der Waals surface area contributed by atoms with E-state index in [1.165, 1.54) is 18.2 Å². The summed E-state index contributed by atoms with van der Waals surface area (Å²) in [7, 11) is 0. The minimum atomic E-state index is -0.586. The van der Waals surface area contributed by atoms with Crippen molar-refractivity contribution in [2.75, 3.05) is 18.8 Å². The Hall–Kier alpha value is -1.86. The van der Waals surface area contributed by atoms with Gasteiger partial charge >= 0.3 is 0 Å². The molecule has 8 heteroatoms. The van der Waals surface area contributed by atoms with Crippen molar-refractivity contribution in [1.82, 2.24) is 10.6 Å². The molecule has 116 valence electrons. The topological polar surface area (TPSA) is 110 Å². The predicted octanol–water partition coefficient (Wildman–Crippen LogP) is 1.33. The molecule has 0 aliphatic carbocycles. The maximum Gasteiger partial charge on any atom is 0.292 e. The number of carbonyl (C=O) groups is 1. The Labute approximate surface area is 128 Å². The van der Waals surface area contributed by atoms with Crippen LogP contribution in [0.25, 0.3) is 0 Å². The lowest BCUT2D eigenvalue weighted by Gasteiger charge is -2.30. The summed E-state index contributed by atoms with van der Waals surface area (Å²) in [6, 6.07) is 4.26. The normalized spacial score (nSPS) is 21.2. The molecule has 1 saturated heterocycles. The first-order chi connectivity index (χ1) is 9.50. The van der Waals surface area contributed by atoms with Gasteiger partial charge < -0.3 is 16.4 Å². The third-order valence-corrected chi connectivity index (χ3v) is 3.67. The molecule has 4 N–H and O–H groups in total. The van der Waals surface area contributed by atoms with Crippen LogP contribution < -0.4 is 16.4 Å². The summed E-state index contributed by atoms with van der Waals surface area (Å²) in [5.41, 5.74) is 5.52. The SMILES string of the molecule is CC1CCNCC1NC(=O)c1cccc([N+](=O)[O-])c1N.Cl. The standard InChI is InChI=1S/C13H18N4O3.ClH/c1-8-5-6-15-7-10(8)16-13(18)9-3-2-4-11(12(9)14)17(19)20;/h2-4,8,10,15H,5-7,14H2,1H3,(H,16,18);1H. The molecule has 2 rings (SSSR count). The van der Waals surface area contributed by atoms with E-state index in [1.54, 1.807) is 0 Å². The number of nitrogens with one attached hydrogen (secondary N) is 2. The molecule has 1 aromatic carbocycles. The third-order valence-electron chi connectivity index (χ3n) is 3.67. The first-order valence-electron chi connectivity index (χ1n) is 6.55. The van der Waals surface area contributed by atoms with Gasteiger partial charge in [0.15, 0.2) is 0 Å². The van der Waals surface area contributed by atoms with E-state index in [1.807, 2.05) is 0 Å². The van der Waals surface area contributed by atoms with Gasteiger partial charge in [0.1, 0.15) is 5.69 Å². The Kier molecular flexibility index (Phi) is 5.92. The van der Waals surface area contributed by atoms with Crippen LogP contribution >= 0.6 is 12.4 Å². The van der Waals surface area contributed by atoms with Gasteiger partial charge in [0.25, 0.3) is 11.6 Å². The van der Waals surface area contributed by atoms with Gasteiger partial charge in [-0.3, -0.25) is 14.9 Å². The van der Waals surface area contributed by atoms with Crippen molar-refractivity contribution in [2.24, 2.45) is 5.92 Å². The van der Waals surface area contributed by atoms with E-state index in [-0.39, 0.29) is 41.3 Å². The first-order valence-corrected chi connectivity index (χ1v) is 6.55. The lowest BCUT2D eigenvalue weighted by Crippen LogP contribution is -2.50. The molecule has 21 heavy (non-hydrogen) atoms. The van der Waals surface area contributed by atoms with Crippen molar-refractivity contribution in [3.05, 3.63) is 33.9 Å². The zero-order valence-corrected chi connectivity index (χ0v) is 12.5. The van der Waals surface area contributed by atoms with Crippen molar-refractivity contribution in [3.63, 3.8) is 0 Å². The number of rotatable bonds is 3. The second-order valence-corrected chi connectivity index (χ2v) is 5.05. The van der Waals surface area contributed by atoms with Crippen LogP contribution in [0.1, 0.15) is 23.7 Å². The third kappa shape index (κ3) is 3.83. The number of para-hydroxylation sites is 1. The number of nitrogens with two attached hydrogens (primary N) is 1. The summed E-state index contributed by atoms with van der Waals surface area (Å²) in [5.74, 6) is -0.00753. The summed E-state index contributed by atoms with van der Waals surface area (Å²) < 4.78 is 0. The molecule has 2 unspecified atom stereocenters. The Balaban J connectivity index is 0.00000220. The highest BCUT2D eigenvalue weighted by Crippen LogP contribution is 2.25. The summed E-state index contributed by atoms with van der Waals surface area (Å²) >= 11 is 0. The second-order valence-electron chi connectivity index (χ2n) is 5.05. The number of carbonyl (C=O) groups excluding carboxylic acids is 1. The van der Waals surface area contributed by atoms with Crippen molar-refractivity contribution in [2.45, 2.75) is 19.4 Å². The maximum absolute atomic E-state index is 12.2. The van der Waals surface area contributed by atoms with Crippen molar-refractivity contribution in [3.8, 4) is 0 Å². The number of benzene rings is 1. The fourth-order valence-corrected chi connectivity index (χ4v) is 2.34. The number of anilines is 1. The van der Waals surface area contributed by atoms with E-state index in [4.69, 9.17) is 5.73 Å². The van der Waals surface area contributed by atoms with Crippen LogP contribution in [-0.4, -0.2) is 30.0 Å². The molecule has 1 amide bonds. The summed E-state index contributed by atoms with van der Waals surface area (Å²) in [6.45, 7) is 3.71. The van der Waals surface area contributed by atoms with Gasteiger partial charge in [0, 0.05) is 18.7 Å². The van der Waals surface area contributed by atoms with Crippen LogP contribution in [0.3, 0.4) is 0 Å². The van der Waals surface area contributed by atoms with E-state index in [2.05, 4.69) is 17.6 Å². The number of halogens is 1. The van der Waals surface area contributed by atoms with Crippen LogP contribution in [0.2, 0.25) is 0 Å². The molecule has 1 aromatic rings. The van der Waals surface area contributed by atoms with Gasteiger partial charge in [0.05, 0.1) is 10.5 Å². The fourth-order valence-electron chi connectivity index (χ4n) is 2.34. The van der Waals surface area contributed by atoms with Gasteiger partial charge in [0.2, 0.25) is 0 Å². The molecule has 0 spiro atoms. The molecule has 1 fully saturated rings. The lowest BCUT2D eigenvalue weighted by molar-refractivity contribution is -0.383. The highest BCUT2D eigenvalue weighted by Gasteiger charge is 2.25. The number of nitrogen functional groups attached to an aromatic ring is 1. The average Bonchev–Trinajstić information content (AvgIpc) is 2.41. The highest BCUT2D eigenvalue weighted by molar-refractivity contribution is 6.01. The summed E-state index contributed by atoms with van der Waals surface area (Å²) in [4.78, 5) is 22.4. The molecular formula is C13H19ClN4O3. The smallest absolute Gasteiger partial charge is 0.292 e. The summed E-state index contributed by atoms with van der Waals surface area (Å²) in [6.07, 6.45) is 0.982. The predicted molar refractivity (Wildman–Crippen MR) is 82.7 cm³/mol. The van der Waals surface area contributed by atoms with Crippen molar-refractivity contribution < 1.29 is 9.72 Å². The minimum absolute atomic E-state index is 0. The molecule has 2 atom stereocenters. The number of piperidine rings is 1. The Morgan fingerprint density at radius 1 is 1.52 bits per heavy atom. The number of amides is 1. The van der Waals surface area contributed by atoms with Gasteiger partial charge in [-0.05, 0) is 24.9 Å². The number of hydrogen-bond acceptors (Lipinski definition) is 5. The fraction of sp³-hybridized carbons (Fsp3) is 0.462. The highest BCUT2D eigenvalue weighted by atomic mass is 35.5. The van der Waals surface area contributed by atoms with E-state index < -0.39 is 4.92 Å². The quantitative estimate of drug-likeness (QED) is 0.443. The molecule has 0 radical (unpaired) electrons. The second kappa shape index (κ2) is 7.24. The van der Waals surface area contributed by atoms with Gasteiger partial charge in [-0.1, -0.05) is 13.0 Å². The van der Waals surface area contributed by atoms with Crippen molar-refractivity contribution >= 4 is 29.7 Å². The molecular weight excluding hydrogens is 296 g/mol. The summed E-state index contributed by atoms with van der Waals surface area (Å²) in [5, 5.41) is 16.9. The number of nitro benzene ring substituents is 1. The van der Waals surface area contributed by atoms with Gasteiger partial charge in [-0.15, -0.1) is 12.4 Å². The van der Waals surface area contributed by atoms with E-state index in [0.29, 0.717) is 12.5 Å². The van der Waals surface area contributed by atoms with Crippen LogP contribution in [0.4, 0.5) is 11.4 Å². The molecule has 0 bridgehead atoms. The molecule has 1 aliphatic heterocycles. The minimum Gasteiger partial charge on any atom is -0.393 e. The van der Waals surface area contributed by atoms with Gasteiger partial charge in [-0.25, -0.2) is 0 Å². The maximum atomic E-state index is 12.2. The molecule has 0 saturated carbocycles. The molecule has 7 nitrogen and oxygen atoms in total. The zero-order valence-electron chi connectivity index (χ0n) is 11.7.